The van der Waals surface area contributed by atoms with E-state index >= 15 is 0 Å². The van der Waals surface area contributed by atoms with Gasteiger partial charge in [-0.15, -0.1) is 0 Å². The first-order valence-corrected chi connectivity index (χ1v) is 8.07. The quantitative estimate of drug-likeness (QED) is 0.837. The average Bonchev–Trinajstić information content (AvgIpc) is 2.55. The van der Waals surface area contributed by atoms with Gasteiger partial charge in [0, 0.05) is 31.3 Å². The number of anilines is 2. The first-order chi connectivity index (χ1) is 10.6. The van der Waals surface area contributed by atoms with Crippen molar-refractivity contribution in [1.29, 1.82) is 0 Å². The van der Waals surface area contributed by atoms with Crippen LogP contribution in [0.2, 0.25) is 0 Å². The van der Waals surface area contributed by atoms with Gasteiger partial charge in [-0.25, -0.2) is 9.97 Å². The number of nitrogens with one attached hydrogen (secondary N) is 1. The van der Waals surface area contributed by atoms with Crippen LogP contribution in [0.3, 0.4) is 0 Å². The SMILES string of the molecule is CCN(CC)c1cc(NCC(C)C)nc(-c2ccccc2)n1. The number of aromatic nitrogens is 2. The number of hydrogen-bond donors (Lipinski definition) is 1. The highest BCUT2D eigenvalue weighted by Crippen LogP contribution is 2.22. The molecule has 0 aliphatic rings. The zero-order valence-electron chi connectivity index (χ0n) is 14.0. The predicted octanol–water partition coefficient (Wildman–Crippen LogP) is 4.06. The first-order valence-electron chi connectivity index (χ1n) is 8.07. The minimum absolute atomic E-state index is 0.576. The minimum atomic E-state index is 0.576. The van der Waals surface area contributed by atoms with Crippen molar-refractivity contribution < 1.29 is 0 Å². The Morgan fingerprint density at radius 2 is 1.73 bits per heavy atom. The van der Waals surface area contributed by atoms with Crippen molar-refractivity contribution in [2.24, 2.45) is 5.92 Å². The van der Waals surface area contributed by atoms with Gasteiger partial charge < -0.3 is 10.2 Å². The van der Waals surface area contributed by atoms with E-state index < -0.39 is 0 Å². The Bertz CT molecular complexity index is 577. The summed E-state index contributed by atoms with van der Waals surface area (Å²) in [5.41, 5.74) is 1.05. The molecular weight excluding hydrogens is 272 g/mol. The highest BCUT2D eigenvalue weighted by molar-refractivity contribution is 5.61. The van der Waals surface area contributed by atoms with Crippen LogP contribution in [0.1, 0.15) is 27.7 Å². The molecule has 0 spiro atoms. The van der Waals surface area contributed by atoms with Crippen molar-refractivity contribution in [3.63, 3.8) is 0 Å². The Labute approximate surface area is 133 Å². The van der Waals surface area contributed by atoms with Crippen LogP contribution in [0.25, 0.3) is 11.4 Å². The largest absolute Gasteiger partial charge is 0.370 e. The Morgan fingerprint density at radius 1 is 1.05 bits per heavy atom. The summed E-state index contributed by atoms with van der Waals surface area (Å²) in [5, 5.41) is 3.42. The zero-order chi connectivity index (χ0) is 15.9. The fraction of sp³-hybridized carbons (Fsp3) is 0.444. The third kappa shape index (κ3) is 4.20. The average molecular weight is 298 g/mol. The van der Waals surface area contributed by atoms with Crippen LogP contribution >= 0.6 is 0 Å². The molecule has 0 unspecified atom stereocenters. The number of benzene rings is 1. The molecule has 1 aromatic heterocycles. The van der Waals surface area contributed by atoms with Crippen LogP contribution in [0.15, 0.2) is 36.4 Å². The van der Waals surface area contributed by atoms with E-state index in [9.17, 15) is 0 Å². The van der Waals surface area contributed by atoms with E-state index in [1.165, 1.54) is 0 Å². The highest BCUT2D eigenvalue weighted by atomic mass is 15.2. The molecule has 118 valence electrons. The predicted molar refractivity (Wildman–Crippen MR) is 94.4 cm³/mol. The lowest BCUT2D eigenvalue weighted by molar-refractivity contribution is 0.686. The van der Waals surface area contributed by atoms with E-state index in [4.69, 9.17) is 4.98 Å². The molecule has 4 nitrogen and oxygen atoms in total. The van der Waals surface area contributed by atoms with Crippen molar-refractivity contribution in [3.8, 4) is 11.4 Å². The van der Waals surface area contributed by atoms with Gasteiger partial charge in [-0.3, -0.25) is 0 Å². The summed E-state index contributed by atoms with van der Waals surface area (Å²) in [4.78, 5) is 11.7. The summed E-state index contributed by atoms with van der Waals surface area (Å²) in [6.45, 7) is 11.5. The molecule has 0 amide bonds. The van der Waals surface area contributed by atoms with Crippen LogP contribution < -0.4 is 10.2 Å². The smallest absolute Gasteiger partial charge is 0.163 e. The molecule has 0 bridgehead atoms. The molecule has 22 heavy (non-hydrogen) atoms. The molecule has 1 heterocycles. The number of rotatable bonds is 7. The molecule has 0 fully saturated rings. The molecule has 1 N–H and O–H groups in total. The van der Waals surface area contributed by atoms with E-state index in [0.717, 1.165) is 42.7 Å². The first kappa shape index (κ1) is 16.3. The molecule has 0 saturated heterocycles. The molecular formula is C18H26N4. The van der Waals surface area contributed by atoms with Crippen LogP contribution in [-0.4, -0.2) is 29.6 Å². The minimum Gasteiger partial charge on any atom is -0.370 e. The fourth-order valence-electron chi connectivity index (χ4n) is 2.26. The van der Waals surface area contributed by atoms with Crippen molar-refractivity contribution in [2.75, 3.05) is 29.9 Å². The van der Waals surface area contributed by atoms with Crippen molar-refractivity contribution in [1.82, 2.24) is 9.97 Å². The molecule has 0 saturated carbocycles. The van der Waals surface area contributed by atoms with Gasteiger partial charge in [-0.1, -0.05) is 44.2 Å². The van der Waals surface area contributed by atoms with E-state index in [1.807, 2.05) is 36.4 Å². The van der Waals surface area contributed by atoms with Gasteiger partial charge >= 0.3 is 0 Å². The summed E-state index contributed by atoms with van der Waals surface area (Å²) < 4.78 is 0. The van der Waals surface area contributed by atoms with Gasteiger partial charge in [0.1, 0.15) is 11.6 Å². The molecule has 1 aromatic carbocycles. The molecule has 0 aliphatic heterocycles. The molecule has 0 aliphatic carbocycles. The van der Waals surface area contributed by atoms with Gasteiger partial charge in [0.05, 0.1) is 0 Å². The summed E-state index contributed by atoms with van der Waals surface area (Å²) in [6, 6.07) is 12.2. The van der Waals surface area contributed by atoms with Gasteiger partial charge in [0.2, 0.25) is 0 Å². The molecule has 0 radical (unpaired) electrons. The fourth-order valence-corrected chi connectivity index (χ4v) is 2.26. The zero-order valence-corrected chi connectivity index (χ0v) is 14.0. The van der Waals surface area contributed by atoms with Crippen LogP contribution in [0.5, 0.6) is 0 Å². The van der Waals surface area contributed by atoms with Gasteiger partial charge in [0.15, 0.2) is 5.82 Å². The lowest BCUT2D eigenvalue weighted by Crippen LogP contribution is -2.23. The second-order valence-electron chi connectivity index (χ2n) is 5.75. The highest BCUT2D eigenvalue weighted by Gasteiger charge is 2.10. The van der Waals surface area contributed by atoms with Gasteiger partial charge in [-0.2, -0.15) is 0 Å². The lowest BCUT2D eigenvalue weighted by atomic mass is 10.2. The number of nitrogens with zero attached hydrogens (tertiary/aromatic N) is 3. The normalized spacial score (nSPS) is 10.8. The molecule has 4 heteroatoms. The maximum atomic E-state index is 4.75. The standard InChI is InChI=1S/C18H26N4/c1-5-22(6-2)17-12-16(19-13-14(3)4)20-18(21-17)15-10-8-7-9-11-15/h7-12,14H,5-6,13H2,1-4H3,(H,19,20,21). The second-order valence-corrected chi connectivity index (χ2v) is 5.75. The third-order valence-corrected chi connectivity index (χ3v) is 3.52. The Morgan fingerprint density at radius 3 is 2.32 bits per heavy atom. The van der Waals surface area contributed by atoms with E-state index in [1.54, 1.807) is 0 Å². The van der Waals surface area contributed by atoms with E-state index in [2.05, 4.69) is 42.9 Å². The summed E-state index contributed by atoms with van der Waals surface area (Å²) in [7, 11) is 0. The van der Waals surface area contributed by atoms with Gasteiger partial charge in [-0.05, 0) is 19.8 Å². The van der Waals surface area contributed by atoms with E-state index in [0.29, 0.717) is 5.92 Å². The monoisotopic (exact) mass is 298 g/mol. The topological polar surface area (TPSA) is 41.0 Å². The molecule has 0 atom stereocenters. The van der Waals surface area contributed by atoms with Crippen LogP contribution in [0.4, 0.5) is 11.6 Å². The summed E-state index contributed by atoms with van der Waals surface area (Å²) in [5.74, 6) is 3.22. The molecule has 2 aromatic rings. The van der Waals surface area contributed by atoms with Crippen molar-refractivity contribution in [3.05, 3.63) is 36.4 Å². The second kappa shape index (κ2) is 7.78. The Balaban J connectivity index is 2.39. The van der Waals surface area contributed by atoms with Crippen LogP contribution in [-0.2, 0) is 0 Å². The Kier molecular flexibility index (Phi) is 5.75. The summed E-state index contributed by atoms with van der Waals surface area (Å²) in [6.07, 6.45) is 0. The Hall–Kier alpha value is -2.10. The molecule has 2 rings (SSSR count). The van der Waals surface area contributed by atoms with Crippen molar-refractivity contribution >= 4 is 11.6 Å². The lowest BCUT2D eigenvalue weighted by Gasteiger charge is -2.21. The maximum Gasteiger partial charge on any atom is 0.163 e. The third-order valence-electron chi connectivity index (χ3n) is 3.52. The van der Waals surface area contributed by atoms with Gasteiger partial charge in [0.25, 0.3) is 0 Å². The van der Waals surface area contributed by atoms with Crippen LogP contribution in [0, 0.1) is 5.92 Å². The maximum absolute atomic E-state index is 4.75. The van der Waals surface area contributed by atoms with Crippen molar-refractivity contribution in [2.45, 2.75) is 27.7 Å². The number of hydrogen-bond acceptors (Lipinski definition) is 4. The summed E-state index contributed by atoms with van der Waals surface area (Å²) >= 11 is 0. The van der Waals surface area contributed by atoms with E-state index in [-0.39, 0.29) is 0 Å².